The third kappa shape index (κ3) is 1.65. The Balaban J connectivity index is 1.96. The van der Waals surface area contributed by atoms with Gasteiger partial charge in [0.1, 0.15) is 0 Å². The van der Waals surface area contributed by atoms with Crippen LogP contribution in [-0.2, 0) is 9.59 Å². The van der Waals surface area contributed by atoms with E-state index in [0.717, 1.165) is 39.0 Å². The molecule has 0 N–H and O–H groups in total. The Bertz CT molecular complexity index is 499. The number of nitrogens with zero attached hydrogens (tertiary/aromatic N) is 2. The van der Waals surface area contributed by atoms with Crippen molar-refractivity contribution in [1.82, 2.24) is 9.80 Å². The first kappa shape index (κ1) is 15.5. The van der Waals surface area contributed by atoms with Gasteiger partial charge in [0.05, 0.1) is 10.2 Å². The molecule has 1 aliphatic heterocycles. The number of carbonyl (C=O) groups is 2. The predicted molar refractivity (Wildman–Crippen MR) is 85.4 cm³/mol. The molecule has 4 nitrogen and oxygen atoms in total. The van der Waals surface area contributed by atoms with Crippen LogP contribution in [0.1, 0.15) is 33.6 Å². The summed E-state index contributed by atoms with van der Waals surface area (Å²) < 4.78 is 0. The van der Waals surface area contributed by atoms with Gasteiger partial charge in [0.2, 0.25) is 5.91 Å². The lowest BCUT2D eigenvalue weighted by Crippen LogP contribution is -2.56. The van der Waals surface area contributed by atoms with Gasteiger partial charge in [0.15, 0.2) is 5.78 Å². The molecule has 1 saturated heterocycles. The monoisotopic (exact) mass is 356 g/mol. The van der Waals surface area contributed by atoms with Gasteiger partial charge in [-0.25, -0.2) is 0 Å². The van der Waals surface area contributed by atoms with Gasteiger partial charge in [-0.1, -0.05) is 36.7 Å². The third-order valence-electron chi connectivity index (χ3n) is 6.89. The highest BCUT2D eigenvalue weighted by Crippen LogP contribution is 2.72. The highest BCUT2D eigenvalue weighted by Gasteiger charge is 2.77. The molecule has 3 fully saturated rings. The van der Waals surface area contributed by atoms with E-state index in [4.69, 9.17) is 0 Å². The maximum atomic E-state index is 13.3. The van der Waals surface area contributed by atoms with Crippen LogP contribution in [0.4, 0.5) is 0 Å². The summed E-state index contributed by atoms with van der Waals surface area (Å²) >= 11 is 3.60. The molecule has 1 amide bonds. The Labute approximate surface area is 135 Å². The topological polar surface area (TPSA) is 40.6 Å². The van der Waals surface area contributed by atoms with E-state index in [9.17, 15) is 9.59 Å². The molecule has 0 spiro atoms. The van der Waals surface area contributed by atoms with Crippen LogP contribution in [-0.4, -0.2) is 59.5 Å². The molecule has 0 unspecified atom stereocenters. The number of carbonyl (C=O) groups excluding carboxylic acids is 2. The molecule has 3 aliphatic rings. The molecule has 0 aromatic heterocycles. The van der Waals surface area contributed by atoms with Crippen molar-refractivity contribution in [2.24, 2.45) is 16.2 Å². The molecule has 118 valence electrons. The second-order valence-electron chi connectivity index (χ2n) is 7.75. The van der Waals surface area contributed by atoms with Crippen molar-refractivity contribution in [3.8, 4) is 0 Å². The van der Waals surface area contributed by atoms with E-state index in [-0.39, 0.29) is 27.3 Å². The number of piperazine rings is 1. The Hall–Kier alpha value is -0.420. The van der Waals surface area contributed by atoms with Crippen LogP contribution in [0.2, 0.25) is 0 Å². The number of halogens is 1. The van der Waals surface area contributed by atoms with Crippen LogP contribution in [0.3, 0.4) is 0 Å². The molecule has 2 bridgehead atoms. The summed E-state index contributed by atoms with van der Waals surface area (Å²) in [6, 6.07) is 0. The lowest BCUT2D eigenvalue weighted by molar-refractivity contribution is -0.148. The average Bonchev–Trinajstić information content (AvgIpc) is 2.71. The zero-order valence-corrected chi connectivity index (χ0v) is 15.0. The third-order valence-corrected chi connectivity index (χ3v) is 8.09. The van der Waals surface area contributed by atoms with Crippen LogP contribution in [0.25, 0.3) is 0 Å². The summed E-state index contributed by atoms with van der Waals surface area (Å²) in [4.78, 5) is 30.0. The van der Waals surface area contributed by atoms with Gasteiger partial charge in [-0.2, -0.15) is 0 Å². The van der Waals surface area contributed by atoms with Crippen molar-refractivity contribution in [2.45, 2.75) is 38.4 Å². The molecule has 0 radical (unpaired) electrons. The minimum absolute atomic E-state index is 0.192. The van der Waals surface area contributed by atoms with Crippen LogP contribution < -0.4 is 0 Å². The fraction of sp³-hybridized carbons (Fsp3) is 0.875. The Morgan fingerprint density at radius 1 is 1.14 bits per heavy atom. The van der Waals surface area contributed by atoms with Crippen LogP contribution in [0.5, 0.6) is 0 Å². The molecule has 0 aromatic rings. The molecule has 2 saturated carbocycles. The van der Waals surface area contributed by atoms with Gasteiger partial charge in [-0.3, -0.25) is 9.59 Å². The summed E-state index contributed by atoms with van der Waals surface area (Å²) in [5.41, 5.74) is -1.22. The van der Waals surface area contributed by atoms with Crippen LogP contribution in [0.15, 0.2) is 0 Å². The number of fused-ring (bicyclic) bond motifs is 2. The Morgan fingerprint density at radius 3 is 2.19 bits per heavy atom. The van der Waals surface area contributed by atoms with E-state index in [2.05, 4.69) is 48.6 Å². The summed E-state index contributed by atoms with van der Waals surface area (Å²) in [5, 5.41) is 0. The van der Waals surface area contributed by atoms with Crippen molar-refractivity contribution < 1.29 is 9.59 Å². The van der Waals surface area contributed by atoms with E-state index in [1.54, 1.807) is 0 Å². The van der Waals surface area contributed by atoms with Crippen molar-refractivity contribution >= 4 is 27.6 Å². The maximum absolute atomic E-state index is 13.3. The largest absolute Gasteiger partial charge is 0.340 e. The molecule has 2 aliphatic carbocycles. The number of likely N-dealkylation sites (N-methyl/N-ethyl adjacent to an activating group) is 1. The van der Waals surface area contributed by atoms with Crippen LogP contribution >= 0.6 is 15.9 Å². The average molecular weight is 357 g/mol. The summed E-state index contributed by atoms with van der Waals surface area (Å²) in [5.74, 6) is 0.415. The van der Waals surface area contributed by atoms with Gasteiger partial charge in [0.25, 0.3) is 0 Å². The first-order valence-corrected chi connectivity index (χ1v) is 8.76. The molecule has 1 heterocycles. The predicted octanol–water partition coefficient (Wildman–Crippen LogP) is 1.92. The molecular formula is C16H25BrN2O2. The van der Waals surface area contributed by atoms with Gasteiger partial charge in [-0.05, 0) is 25.3 Å². The molecular weight excluding hydrogens is 332 g/mol. The first-order chi connectivity index (χ1) is 9.68. The lowest BCUT2D eigenvalue weighted by Gasteiger charge is -2.44. The minimum Gasteiger partial charge on any atom is -0.340 e. The SMILES string of the molecule is CN1CCN(C(=O)[C@@]23CC[C@@](C)(C(=O)[C@H]2Br)C3(C)C)CC1. The highest BCUT2D eigenvalue weighted by molar-refractivity contribution is 9.10. The van der Waals surface area contributed by atoms with Gasteiger partial charge in [0, 0.05) is 31.6 Å². The van der Waals surface area contributed by atoms with E-state index >= 15 is 0 Å². The summed E-state index contributed by atoms with van der Waals surface area (Å²) in [6.45, 7) is 9.67. The smallest absolute Gasteiger partial charge is 0.231 e. The Morgan fingerprint density at radius 2 is 1.71 bits per heavy atom. The maximum Gasteiger partial charge on any atom is 0.231 e. The first-order valence-electron chi connectivity index (χ1n) is 7.85. The molecule has 3 atom stereocenters. The van der Waals surface area contributed by atoms with Gasteiger partial charge in [-0.15, -0.1) is 0 Å². The quantitative estimate of drug-likeness (QED) is 0.674. The van der Waals surface area contributed by atoms with Crippen LogP contribution in [0, 0.1) is 16.2 Å². The Kier molecular flexibility index (Phi) is 3.35. The fourth-order valence-corrected chi connectivity index (χ4v) is 6.22. The number of hydrogen-bond donors (Lipinski definition) is 0. The lowest BCUT2D eigenvalue weighted by atomic mass is 9.64. The normalized spacial score (nSPS) is 42.6. The molecule has 3 rings (SSSR count). The van der Waals surface area contributed by atoms with E-state index in [1.807, 2.05) is 4.90 Å². The van der Waals surface area contributed by atoms with E-state index in [1.165, 1.54) is 0 Å². The fourth-order valence-electron chi connectivity index (χ4n) is 4.72. The number of alkyl halides is 1. The summed E-state index contributed by atoms with van der Waals surface area (Å²) in [7, 11) is 2.09. The van der Waals surface area contributed by atoms with E-state index in [0.29, 0.717) is 0 Å². The van der Waals surface area contributed by atoms with Crippen molar-refractivity contribution in [1.29, 1.82) is 0 Å². The zero-order chi connectivity index (χ0) is 15.6. The van der Waals surface area contributed by atoms with E-state index < -0.39 is 5.41 Å². The van der Waals surface area contributed by atoms with Crippen molar-refractivity contribution in [3.05, 3.63) is 0 Å². The zero-order valence-electron chi connectivity index (χ0n) is 13.4. The van der Waals surface area contributed by atoms with Crippen molar-refractivity contribution in [2.75, 3.05) is 33.2 Å². The molecule has 21 heavy (non-hydrogen) atoms. The number of Topliss-reactive ketones (excluding diaryl/α,β-unsaturated/α-hetero) is 1. The number of rotatable bonds is 1. The second kappa shape index (κ2) is 4.54. The molecule has 5 heteroatoms. The number of hydrogen-bond acceptors (Lipinski definition) is 3. The highest BCUT2D eigenvalue weighted by atomic mass is 79.9. The van der Waals surface area contributed by atoms with Gasteiger partial charge < -0.3 is 9.80 Å². The van der Waals surface area contributed by atoms with Gasteiger partial charge >= 0.3 is 0 Å². The summed E-state index contributed by atoms with van der Waals surface area (Å²) in [6.07, 6.45) is 1.66. The second-order valence-corrected chi connectivity index (χ2v) is 8.67. The number of amides is 1. The number of ketones is 1. The van der Waals surface area contributed by atoms with Crippen molar-refractivity contribution in [3.63, 3.8) is 0 Å². The molecule has 0 aromatic carbocycles. The standard InChI is InChI=1S/C16H25BrN2O2/c1-14(2)15(3)5-6-16(14,11(17)12(15)20)13(21)19-9-7-18(4)8-10-19/h11H,5-10H2,1-4H3/t11-,15+,16-/m1/s1. The minimum atomic E-state index is -0.561.